The molecule has 0 saturated heterocycles. The van der Waals surface area contributed by atoms with E-state index in [1.165, 1.54) is 87.4 Å². The highest BCUT2D eigenvalue weighted by atomic mass is 16.5. The van der Waals surface area contributed by atoms with Crippen molar-refractivity contribution in [2.24, 2.45) is 34.9 Å². The van der Waals surface area contributed by atoms with Crippen molar-refractivity contribution in [3.05, 3.63) is 246 Å². The van der Waals surface area contributed by atoms with Crippen molar-refractivity contribution >= 4 is 119 Å². The van der Waals surface area contributed by atoms with Gasteiger partial charge in [0.25, 0.3) is 0 Å². The SMILES string of the molecule is C1=NCCN1Cc1ccc2cocc2c1.C1=NCCN1Cc1cccc2cocc12.C1=NCCN1Cc1cccc2cocc12.C1=NCCN1Cc1occ2ccccc12.COc1c(CC2=NCCN2)ccc2occc12.Cc1c(CC2=NCCN2)ccc2ccoc12.Cc1ccc2ccoc2c1CC1=NCCN1. The molecule has 3 N–H and O–H groups in total. The maximum absolute atomic E-state index is 5.57. The van der Waals surface area contributed by atoms with Crippen LogP contribution in [0, 0.1) is 13.8 Å². The summed E-state index contributed by atoms with van der Waals surface area (Å²) in [5, 5.41) is 22.7. The molecule has 7 aromatic heterocycles. The Morgan fingerprint density at radius 1 is 0.385 bits per heavy atom. The number of rotatable bonds is 15. The third-order valence-corrected chi connectivity index (χ3v) is 20.0. The number of nitrogens with one attached hydrogen (secondary N) is 3. The van der Waals surface area contributed by atoms with E-state index in [4.69, 9.17) is 35.7 Å². The number of hydrogen-bond acceptors (Lipinski definition) is 22. The van der Waals surface area contributed by atoms with Crippen LogP contribution >= 0.6 is 0 Å². The molecule has 14 aromatic rings. The van der Waals surface area contributed by atoms with E-state index in [9.17, 15) is 0 Å². The van der Waals surface area contributed by atoms with Gasteiger partial charge < -0.3 is 71.2 Å². The first kappa shape index (κ1) is 72.0. The van der Waals surface area contributed by atoms with E-state index >= 15 is 0 Å². The number of amidine groups is 3. The molecule has 22 nitrogen and oxygen atoms in total. The standard InChI is InChI=1S/C13H14N2O2.2C13H14N2O.4C12H12N2O/c1-16-13-9(8-12-14-5-6-15-12)2-3-11-10(13)4-7-17-11;1-9-11(8-12-14-5-6-15-12)3-2-10-4-7-16-13(9)10;1-9-2-3-10-4-7-16-13(10)11(9)8-12-14-5-6-15-12;1-2-11-7-15-8-12(11)5-10(1)6-14-4-3-13-9-14;2*1-2-10(6-14-5-4-13-9-14)12-8-15-7-11(12)3-1;1-2-4-11-10(3-1)8-15-12(11)7-14-6-5-13-9-14/h2-4,7H,5-6,8H2,1H3,(H,14,15);2*2-4,7H,5-6,8H2,1H3,(H,14,15);1-2,5,7-9H,3-4,6H2;2*1-3,7-9H,4-6H2;1-4,8-9H,5-7H2. The Kier molecular flexibility index (Phi) is 23.3. The number of nitrogens with zero attached hydrogens (tertiary/aromatic N) is 11. The molecule has 0 radical (unpaired) electrons. The largest absolute Gasteiger partial charge is 0.496 e. The van der Waals surface area contributed by atoms with Crippen molar-refractivity contribution in [3.63, 3.8) is 0 Å². The Hall–Kier alpha value is -12.6. The molecule has 0 atom stereocenters. The predicted octanol–water partition coefficient (Wildman–Crippen LogP) is 15.7. The van der Waals surface area contributed by atoms with E-state index in [0.717, 1.165) is 199 Å². The summed E-state index contributed by atoms with van der Waals surface area (Å²) in [5.41, 5.74) is 12.9. The van der Waals surface area contributed by atoms with Gasteiger partial charge >= 0.3 is 0 Å². The summed E-state index contributed by atoms with van der Waals surface area (Å²) >= 11 is 0. The molecule has 7 aliphatic heterocycles. The molecule has 0 fully saturated rings. The van der Waals surface area contributed by atoms with Crippen molar-refractivity contribution in [2.75, 3.05) is 98.7 Å². The molecule has 109 heavy (non-hydrogen) atoms. The molecule has 556 valence electrons. The molecular formula is C87H90N14O8. The first-order chi connectivity index (χ1) is 53.8. The van der Waals surface area contributed by atoms with Crippen molar-refractivity contribution in [1.29, 1.82) is 0 Å². The van der Waals surface area contributed by atoms with E-state index < -0.39 is 0 Å². The van der Waals surface area contributed by atoms with Crippen LogP contribution in [0.2, 0.25) is 0 Å². The second-order valence-corrected chi connectivity index (χ2v) is 27.4. The van der Waals surface area contributed by atoms with Crippen molar-refractivity contribution in [1.82, 2.24) is 35.6 Å². The van der Waals surface area contributed by atoms with Gasteiger partial charge in [0.2, 0.25) is 0 Å². The minimum absolute atomic E-state index is 0.782. The summed E-state index contributed by atoms with van der Waals surface area (Å²) in [6.45, 7) is 21.1. The number of methoxy groups -OCH3 is 1. The van der Waals surface area contributed by atoms with Crippen molar-refractivity contribution in [3.8, 4) is 5.75 Å². The van der Waals surface area contributed by atoms with E-state index in [-0.39, 0.29) is 0 Å². The molecule has 0 unspecified atom stereocenters. The fraction of sp³-hybridized carbons (Fsp3) is 0.276. The zero-order valence-corrected chi connectivity index (χ0v) is 61.8. The van der Waals surface area contributed by atoms with Crippen LogP contribution in [0.3, 0.4) is 0 Å². The van der Waals surface area contributed by atoms with Gasteiger partial charge in [-0.15, -0.1) is 0 Å². The van der Waals surface area contributed by atoms with E-state index in [2.05, 4.69) is 175 Å². The summed E-state index contributed by atoms with van der Waals surface area (Å²) < 4.78 is 43.1. The maximum atomic E-state index is 5.57. The number of benzene rings is 7. The number of aliphatic imine (C=N–C) groups is 7. The van der Waals surface area contributed by atoms with Crippen LogP contribution in [0.4, 0.5) is 0 Å². The predicted molar refractivity (Wildman–Crippen MR) is 437 cm³/mol. The number of furan rings is 7. The topological polar surface area (TPSA) is 237 Å². The first-order valence-corrected chi connectivity index (χ1v) is 37.3. The molecule has 0 aliphatic carbocycles. The highest BCUT2D eigenvalue weighted by molar-refractivity contribution is 5.94. The second-order valence-electron chi connectivity index (χ2n) is 27.4. The quantitative estimate of drug-likeness (QED) is 0.0865. The van der Waals surface area contributed by atoms with Crippen molar-refractivity contribution in [2.45, 2.75) is 59.3 Å². The van der Waals surface area contributed by atoms with E-state index in [1.54, 1.807) is 51.0 Å². The summed E-state index contributed by atoms with van der Waals surface area (Å²) in [5.74, 6) is 5.11. The number of aryl methyl sites for hydroxylation is 2. The molecule has 7 aromatic carbocycles. The summed E-state index contributed by atoms with van der Waals surface area (Å²) in [7, 11) is 1.69. The van der Waals surface area contributed by atoms with Crippen LogP contribution in [0.1, 0.15) is 50.3 Å². The Balaban J connectivity index is 0.000000101. The van der Waals surface area contributed by atoms with Gasteiger partial charge in [-0.05, 0) is 77.6 Å². The van der Waals surface area contributed by atoms with Crippen LogP contribution in [-0.2, 0) is 45.4 Å². The summed E-state index contributed by atoms with van der Waals surface area (Å²) in [6, 6.07) is 45.7. The zero-order chi connectivity index (χ0) is 73.9. The Morgan fingerprint density at radius 2 is 0.899 bits per heavy atom. The fourth-order valence-electron chi connectivity index (χ4n) is 14.2. The second kappa shape index (κ2) is 35.2. The highest BCUT2D eigenvalue weighted by Crippen LogP contribution is 2.32. The van der Waals surface area contributed by atoms with Gasteiger partial charge in [0, 0.05) is 150 Å². The van der Waals surface area contributed by atoms with Crippen molar-refractivity contribution < 1.29 is 35.7 Å². The lowest BCUT2D eigenvalue weighted by Crippen LogP contribution is -2.20. The molecule has 0 amide bonds. The van der Waals surface area contributed by atoms with Gasteiger partial charge in [0.15, 0.2) is 0 Å². The van der Waals surface area contributed by atoms with Crippen LogP contribution < -0.4 is 20.7 Å². The lowest BCUT2D eigenvalue weighted by molar-refractivity contribution is 0.395. The maximum Gasteiger partial charge on any atom is 0.137 e. The minimum Gasteiger partial charge on any atom is -0.496 e. The third-order valence-electron chi connectivity index (χ3n) is 20.0. The van der Waals surface area contributed by atoms with Crippen LogP contribution in [0.25, 0.3) is 76.0 Å². The zero-order valence-electron chi connectivity index (χ0n) is 61.8. The minimum atomic E-state index is 0.782. The van der Waals surface area contributed by atoms with Gasteiger partial charge in [-0.3, -0.25) is 34.9 Å². The normalized spacial score (nSPS) is 15.2. The third kappa shape index (κ3) is 18.1. The lowest BCUT2D eigenvalue weighted by Gasteiger charge is -2.13. The van der Waals surface area contributed by atoms with Gasteiger partial charge in [0.1, 0.15) is 45.8 Å². The smallest absolute Gasteiger partial charge is 0.137 e. The Bertz CT molecular complexity index is 5500. The highest BCUT2D eigenvalue weighted by Gasteiger charge is 2.19. The summed E-state index contributed by atoms with van der Waals surface area (Å²) in [6.07, 6.45) is 28.0. The molecule has 21 rings (SSSR count). The average molecular weight is 1460 g/mol. The molecular weight excluding hydrogens is 1370 g/mol. The molecule has 22 heteroatoms. The number of hydrogen-bond donors (Lipinski definition) is 3. The van der Waals surface area contributed by atoms with Crippen LogP contribution in [0.15, 0.2) is 262 Å². The van der Waals surface area contributed by atoms with Gasteiger partial charge in [0.05, 0.1) is 153 Å². The Morgan fingerprint density at radius 3 is 1.51 bits per heavy atom. The fourth-order valence-corrected chi connectivity index (χ4v) is 14.2. The lowest BCUT2D eigenvalue weighted by atomic mass is 10.0. The van der Waals surface area contributed by atoms with Gasteiger partial charge in [-0.25, -0.2) is 0 Å². The monoisotopic (exact) mass is 1460 g/mol. The summed E-state index contributed by atoms with van der Waals surface area (Å²) in [4.78, 5) is 38.9. The average Bonchev–Trinajstić information content (AvgIpc) is 1.75. The van der Waals surface area contributed by atoms with E-state index in [1.807, 2.05) is 86.6 Å². The van der Waals surface area contributed by atoms with Gasteiger partial charge in [-0.2, -0.15) is 0 Å². The Labute approximate surface area is 631 Å². The molecule has 7 aliphatic rings. The number of fused-ring (bicyclic) bond motifs is 7. The van der Waals surface area contributed by atoms with Gasteiger partial charge in [-0.1, -0.05) is 103 Å². The van der Waals surface area contributed by atoms with Crippen LogP contribution in [0.5, 0.6) is 5.75 Å². The first-order valence-electron chi connectivity index (χ1n) is 37.3. The molecule has 14 heterocycles. The molecule has 0 spiro atoms. The molecule has 0 bridgehead atoms. The molecule has 0 saturated carbocycles. The van der Waals surface area contributed by atoms with Crippen LogP contribution in [-0.4, -0.2) is 161 Å². The number of ether oxygens (including phenoxy) is 1. The van der Waals surface area contributed by atoms with E-state index in [0.29, 0.717) is 0 Å².